The summed E-state index contributed by atoms with van der Waals surface area (Å²) in [6, 6.07) is 47.8. The van der Waals surface area contributed by atoms with E-state index in [4.69, 9.17) is 10.2 Å². The second-order valence-electron chi connectivity index (χ2n) is 14.1. The molecule has 5 heteroatoms. The van der Waals surface area contributed by atoms with Crippen molar-refractivity contribution in [2.75, 3.05) is 5.32 Å². The maximum atomic E-state index is 6.27. The van der Waals surface area contributed by atoms with Gasteiger partial charge < -0.3 is 15.5 Å². The summed E-state index contributed by atoms with van der Waals surface area (Å²) >= 11 is 0. The number of hydrazine groups is 1. The van der Waals surface area contributed by atoms with E-state index in [9.17, 15) is 0 Å². The zero-order valence-electron chi connectivity index (χ0n) is 30.1. The number of para-hydroxylation sites is 1. The van der Waals surface area contributed by atoms with Gasteiger partial charge in [-0.15, -0.1) is 0 Å². The smallest absolute Gasteiger partial charge is 0.135 e. The van der Waals surface area contributed by atoms with E-state index >= 15 is 0 Å². The summed E-state index contributed by atoms with van der Waals surface area (Å²) in [6.45, 7) is 6.57. The summed E-state index contributed by atoms with van der Waals surface area (Å²) in [7, 11) is 0. The van der Waals surface area contributed by atoms with Gasteiger partial charge in [-0.1, -0.05) is 129 Å². The first kappa shape index (κ1) is 34.6. The highest BCUT2D eigenvalue weighted by Crippen LogP contribution is 2.53. The second kappa shape index (κ2) is 14.8. The molecule has 0 spiro atoms. The lowest BCUT2D eigenvalue weighted by Crippen LogP contribution is -2.19. The fraction of sp³-hybridized carbons (Fsp3) is 0.149. The van der Waals surface area contributed by atoms with E-state index in [1.54, 1.807) is 0 Å². The molecule has 0 saturated carbocycles. The quantitative estimate of drug-likeness (QED) is 0.0841. The zero-order chi connectivity index (χ0) is 36.2. The Bertz CT molecular complexity index is 2360. The van der Waals surface area contributed by atoms with Crippen LogP contribution in [0.3, 0.4) is 0 Å². The molecule has 2 heterocycles. The monoisotopic (exact) mass is 682 g/mol. The van der Waals surface area contributed by atoms with Crippen molar-refractivity contribution in [1.82, 2.24) is 0 Å². The highest BCUT2D eigenvalue weighted by Gasteiger charge is 2.38. The number of hydrogen-bond donors (Lipinski definition) is 4. The average molecular weight is 683 g/mol. The summed E-state index contributed by atoms with van der Waals surface area (Å²) in [4.78, 5) is 0. The number of allylic oxidation sites excluding steroid dienone is 3. The first-order valence-electron chi connectivity index (χ1n) is 17.9. The third-order valence-electron chi connectivity index (χ3n) is 10.2. The molecule has 6 aromatic carbocycles. The average Bonchev–Trinajstić information content (AvgIpc) is 3.56. The van der Waals surface area contributed by atoms with Crippen LogP contribution in [0.15, 0.2) is 162 Å². The van der Waals surface area contributed by atoms with E-state index in [0.29, 0.717) is 0 Å². The van der Waals surface area contributed by atoms with Gasteiger partial charge in [0.25, 0.3) is 0 Å². The summed E-state index contributed by atoms with van der Waals surface area (Å²) in [5.41, 5.74) is 21.6. The minimum atomic E-state index is -0.134. The Morgan fingerprint density at radius 3 is 2.02 bits per heavy atom. The van der Waals surface area contributed by atoms with Crippen LogP contribution in [0.2, 0.25) is 0 Å². The lowest BCUT2D eigenvalue weighted by atomic mass is 9.81. The molecule has 2 aliphatic rings. The van der Waals surface area contributed by atoms with E-state index < -0.39 is 0 Å². The molecule has 1 aliphatic carbocycles. The molecule has 0 radical (unpaired) electrons. The van der Waals surface area contributed by atoms with Crippen LogP contribution >= 0.6 is 0 Å². The topological polar surface area (TPSA) is 103 Å². The van der Waals surface area contributed by atoms with Gasteiger partial charge in [0, 0.05) is 39.2 Å². The number of nitrogens with two attached hydrogens (primary N) is 3. The number of anilines is 1. The highest BCUT2D eigenvalue weighted by atomic mass is 16.3. The molecule has 9 rings (SSSR count). The minimum absolute atomic E-state index is 0.134. The Labute approximate surface area is 306 Å². The number of fused-ring (bicyclic) bond motifs is 9. The third-order valence-corrected chi connectivity index (χ3v) is 10.2. The molecule has 1 unspecified atom stereocenters. The fourth-order valence-electron chi connectivity index (χ4n) is 7.67. The first-order valence-corrected chi connectivity index (χ1v) is 17.9. The van der Waals surface area contributed by atoms with Gasteiger partial charge in [0.2, 0.25) is 0 Å². The standard InChI is InChI=1S/C34H30N2O.C13H12.H4N2/c1-20(35)9-8-11-22-15-21-10-4-5-12-23(21)27-16-25-26-17-28-24-13-6-7-14-32(24)37-33(28)19-30(26)34(2,3)29(25)18-31(27)36-22;1-3-7-12(8-4-1)11-13-9-5-2-6-10-13;1-2/h4-14,16-19,22,36H,15,35H2,1-3H3;1-10H,11H2;1-2H2/b11-8-,20-9-;;. The Kier molecular flexibility index (Phi) is 9.82. The van der Waals surface area contributed by atoms with Crippen LogP contribution in [-0.2, 0) is 18.3 Å². The van der Waals surface area contributed by atoms with Crippen molar-refractivity contribution in [2.24, 2.45) is 17.4 Å². The Hall–Kier alpha value is -5.88. The van der Waals surface area contributed by atoms with Gasteiger partial charge in [0.05, 0.1) is 0 Å². The zero-order valence-corrected chi connectivity index (χ0v) is 30.1. The number of furan rings is 1. The predicted octanol–water partition coefficient (Wildman–Crippen LogP) is 10.4. The van der Waals surface area contributed by atoms with Gasteiger partial charge in [-0.2, -0.15) is 0 Å². The lowest BCUT2D eigenvalue weighted by molar-refractivity contribution is 0.647. The second-order valence-corrected chi connectivity index (χ2v) is 14.1. The Balaban J connectivity index is 0.000000235. The van der Waals surface area contributed by atoms with Gasteiger partial charge in [-0.3, -0.25) is 11.7 Å². The van der Waals surface area contributed by atoms with Crippen molar-refractivity contribution >= 4 is 27.6 Å². The van der Waals surface area contributed by atoms with Crippen molar-refractivity contribution in [3.05, 3.63) is 185 Å². The van der Waals surface area contributed by atoms with Crippen molar-refractivity contribution in [1.29, 1.82) is 0 Å². The van der Waals surface area contributed by atoms with Crippen molar-refractivity contribution < 1.29 is 4.42 Å². The summed E-state index contributed by atoms with van der Waals surface area (Å²) in [6.07, 6.45) is 8.19. The molecule has 1 atom stereocenters. The molecule has 0 amide bonds. The van der Waals surface area contributed by atoms with E-state index in [1.165, 1.54) is 66.5 Å². The largest absolute Gasteiger partial charge is 0.456 e. The van der Waals surface area contributed by atoms with Crippen LogP contribution in [0.4, 0.5) is 5.69 Å². The van der Waals surface area contributed by atoms with Crippen LogP contribution < -0.4 is 22.7 Å². The first-order chi connectivity index (χ1) is 25.3. The Morgan fingerprint density at radius 2 is 1.31 bits per heavy atom. The number of rotatable bonds is 4. The molecule has 1 aromatic heterocycles. The highest BCUT2D eigenvalue weighted by molar-refractivity contribution is 6.08. The molecule has 5 nitrogen and oxygen atoms in total. The van der Waals surface area contributed by atoms with Gasteiger partial charge in [0.15, 0.2) is 0 Å². The number of hydrogen-bond acceptors (Lipinski definition) is 5. The lowest BCUT2D eigenvalue weighted by Gasteiger charge is -2.23. The van der Waals surface area contributed by atoms with Crippen LogP contribution in [0, 0.1) is 0 Å². The predicted molar refractivity (Wildman–Crippen MR) is 219 cm³/mol. The molecule has 0 fully saturated rings. The van der Waals surface area contributed by atoms with E-state index in [1.807, 2.05) is 19.1 Å². The number of nitrogens with one attached hydrogen (secondary N) is 1. The SMILES string of the molecule is C/C(N)=C/C=C\C1Cc2ccccc2-c2cc3c(cc2N1)C(C)(C)c1cc2oc4ccccc4c2cc1-3.NN.c1ccc(Cc2ccccc2)cc1. The van der Waals surface area contributed by atoms with Crippen LogP contribution in [0.1, 0.15) is 48.6 Å². The van der Waals surface area contributed by atoms with Gasteiger partial charge in [0.1, 0.15) is 11.2 Å². The van der Waals surface area contributed by atoms with Crippen LogP contribution in [-0.4, -0.2) is 6.04 Å². The maximum Gasteiger partial charge on any atom is 0.135 e. The van der Waals surface area contributed by atoms with Crippen molar-refractivity contribution in [2.45, 2.75) is 45.1 Å². The summed E-state index contributed by atoms with van der Waals surface area (Å²) in [5, 5.41) is 6.20. The molecule has 1 aliphatic heterocycles. The molecular weight excluding hydrogens is 637 g/mol. The van der Waals surface area contributed by atoms with Crippen molar-refractivity contribution in [3.63, 3.8) is 0 Å². The summed E-state index contributed by atoms with van der Waals surface area (Å²) < 4.78 is 6.27. The molecule has 0 bridgehead atoms. The van der Waals surface area contributed by atoms with E-state index in [2.05, 4.69) is 170 Å². The molecular formula is C47H46N4O. The van der Waals surface area contributed by atoms with Crippen LogP contribution in [0.25, 0.3) is 44.2 Å². The fourth-order valence-corrected chi connectivity index (χ4v) is 7.67. The van der Waals surface area contributed by atoms with Gasteiger partial charge in [-0.25, -0.2) is 0 Å². The molecule has 260 valence electrons. The van der Waals surface area contributed by atoms with Crippen LogP contribution in [0.5, 0.6) is 0 Å². The maximum absolute atomic E-state index is 6.27. The van der Waals surface area contributed by atoms with E-state index in [-0.39, 0.29) is 11.5 Å². The third kappa shape index (κ3) is 6.76. The minimum Gasteiger partial charge on any atom is -0.456 e. The molecule has 0 saturated heterocycles. The normalized spacial score (nSPS) is 15.2. The summed E-state index contributed by atoms with van der Waals surface area (Å²) in [5.74, 6) is 8.00. The molecule has 52 heavy (non-hydrogen) atoms. The van der Waals surface area contributed by atoms with Gasteiger partial charge in [-0.05, 0) is 101 Å². The molecule has 7 N–H and O–H groups in total. The molecule has 7 aromatic rings. The Morgan fingerprint density at radius 1 is 0.692 bits per heavy atom. The number of benzene rings is 6. The van der Waals surface area contributed by atoms with Crippen molar-refractivity contribution in [3.8, 4) is 22.3 Å². The van der Waals surface area contributed by atoms with Gasteiger partial charge >= 0.3 is 0 Å². The van der Waals surface area contributed by atoms with E-state index in [0.717, 1.165) is 29.7 Å².